The van der Waals surface area contributed by atoms with E-state index in [4.69, 9.17) is 0 Å². The average Bonchev–Trinajstić information content (AvgIpc) is 2.46. The second kappa shape index (κ2) is 6.12. The number of rotatable bonds is 5. The van der Waals surface area contributed by atoms with Gasteiger partial charge in [-0.05, 0) is 42.8 Å². The van der Waals surface area contributed by atoms with Gasteiger partial charge >= 0.3 is 0 Å². The summed E-state index contributed by atoms with van der Waals surface area (Å²) in [4.78, 5) is -0.234. The number of sulfonamides is 1. The normalized spacial score (nSPS) is 14.5. The Balaban J connectivity index is 2.15. The number of hydrogen-bond donors (Lipinski definition) is 2. The molecule has 0 aliphatic rings. The van der Waals surface area contributed by atoms with Crippen LogP contribution in [0.4, 0.5) is 8.78 Å². The molecule has 22 heavy (non-hydrogen) atoms. The molecule has 0 aliphatic heterocycles. The first-order chi connectivity index (χ1) is 10.2. The predicted molar refractivity (Wildman–Crippen MR) is 77.6 cm³/mol. The third-order valence-electron chi connectivity index (χ3n) is 3.18. The lowest BCUT2D eigenvalue weighted by molar-refractivity contribution is 0.0627. The standard InChI is InChI=1S/C15H15F2NO3S/c1-15(19,11-5-7-12(16)8-6-11)10-18-22(20,21)14-4-2-3-13(17)9-14/h2-9,18-19H,10H2,1H3. The summed E-state index contributed by atoms with van der Waals surface area (Å²) >= 11 is 0. The summed E-state index contributed by atoms with van der Waals surface area (Å²) in [5, 5.41) is 10.3. The Morgan fingerprint density at radius 3 is 2.32 bits per heavy atom. The Hall–Kier alpha value is -1.83. The lowest BCUT2D eigenvalue weighted by Gasteiger charge is -2.24. The highest BCUT2D eigenvalue weighted by molar-refractivity contribution is 7.89. The van der Waals surface area contributed by atoms with Crippen molar-refractivity contribution < 1.29 is 22.3 Å². The summed E-state index contributed by atoms with van der Waals surface area (Å²) in [6.07, 6.45) is 0. The van der Waals surface area contributed by atoms with Crippen molar-refractivity contribution >= 4 is 10.0 Å². The molecule has 0 bridgehead atoms. The quantitative estimate of drug-likeness (QED) is 0.884. The van der Waals surface area contributed by atoms with E-state index in [0.29, 0.717) is 5.56 Å². The molecule has 2 rings (SSSR count). The fourth-order valence-electron chi connectivity index (χ4n) is 1.86. The van der Waals surface area contributed by atoms with Crippen LogP contribution in [-0.4, -0.2) is 20.1 Å². The fourth-order valence-corrected chi connectivity index (χ4v) is 3.03. The Labute approximate surface area is 127 Å². The number of aliphatic hydroxyl groups is 1. The van der Waals surface area contributed by atoms with E-state index in [1.807, 2.05) is 0 Å². The van der Waals surface area contributed by atoms with Crippen molar-refractivity contribution in [1.82, 2.24) is 4.72 Å². The lowest BCUT2D eigenvalue weighted by atomic mass is 9.96. The smallest absolute Gasteiger partial charge is 0.240 e. The summed E-state index contributed by atoms with van der Waals surface area (Å²) < 4.78 is 52.3. The van der Waals surface area contributed by atoms with Gasteiger partial charge in [0.25, 0.3) is 0 Å². The molecular formula is C15H15F2NO3S. The largest absolute Gasteiger partial charge is 0.384 e. The zero-order chi connectivity index (χ0) is 16.4. The van der Waals surface area contributed by atoms with Crippen molar-refractivity contribution in [2.45, 2.75) is 17.4 Å². The third kappa shape index (κ3) is 3.88. The molecule has 2 N–H and O–H groups in total. The molecule has 0 saturated heterocycles. The molecule has 0 spiro atoms. The Kier molecular flexibility index (Phi) is 4.60. The van der Waals surface area contributed by atoms with Crippen molar-refractivity contribution in [2.24, 2.45) is 0 Å². The van der Waals surface area contributed by atoms with Crippen LogP contribution in [0, 0.1) is 11.6 Å². The third-order valence-corrected chi connectivity index (χ3v) is 4.58. The number of halogens is 2. The minimum absolute atomic E-state index is 0.234. The van der Waals surface area contributed by atoms with Crippen molar-refractivity contribution in [3.8, 4) is 0 Å². The van der Waals surface area contributed by atoms with Crippen LogP contribution in [0.1, 0.15) is 12.5 Å². The average molecular weight is 327 g/mol. The molecule has 7 heteroatoms. The molecule has 2 aromatic rings. The van der Waals surface area contributed by atoms with Gasteiger partial charge in [0.1, 0.15) is 17.2 Å². The first-order valence-electron chi connectivity index (χ1n) is 6.44. The number of benzene rings is 2. The first-order valence-corrected chi connectivity index (χ1v) is 7.93. The minimum atomic E-state index is -3.96. The number of hydrogen-bond acceptors (Lipinski definition) is 3. The molecule has 0 radical (unpaired) electrons. The highest BCUT2D eigenvalue weighted by atomic mass is 32.2. The molecule has 4 nitrogen and oxygen atoms in total. The molecule has 0 saturated carbocycles. The van der Waals surface area contributed by atoms with Crippen molar-refractivity contribution in [1.29, 1.82) is 0 Å². The monoisotopic (exact) mass is 327 g/mol. The van der Waals surface area contributed by atoms with Gasteiger partial charge in [-0.25, -0.2) is 21.9 Å². The molecular weight excluding hydrogens is 312 g/mol. The van der Waals surface area contributed by atoms with Gasteiger partial charge in [-0.1, -0.05) is 18.2 Å². The van der Waals surface area contributed by atoms with Gasteiger partial charge in [0.2, 0.25) is 10.0 Å². The maximum atomic E-state index is 13.1. The first kappa shape index (κ1) is 16.5. The molecule has 0 heterocycles. The lowest BCUT2D eigenvalue weighted by Crippen LogP contribution is -2.38. The topological polar surface area (TPSA) is 66.4 Å². The molecule has 1 unspecified atom stereocenters. The molecule has 118 valence electrons. The maximum absolute atomic E-state index is 13.1. The maximum Gasteiger partial charge on any atom is 0.240 e. The SMILES string of the molecule is CC(O)(CNS(=O)(=O)c1cccc(F)c1)c1ccc(F)cc1. The number of nitrogens with one attached hydrogen (secondary N) is 1. The van der Waals surface area contributed by atoms with Crippen molar-refractivity contribution in [2.75, 3.05) is 6.54 Å². The van der Waals surface area contributed by atoms with E-state index in [2.05, 4.69) is 4.72 Å². The van der Waals surface area contributed by atoms with Gasteiger partial charge < -0.3 is 5.11 Å². The van der Waals surface area contributed by atoms with Crippen LogP contribution in [-0.2, 0) is 15.6 Å². The molecule has 2 aromatic carbocycles. The molecule has 0 aliphatic carbocycles. The van der Waals surface area contributed by atoms with E-state index in [0.717, 1.165) is 12.1 Å². The molecule has 1 atom stereocenters. The summed E-state index contributed by atoms with van der Waals surface area (Å²) in [7, 11) is -3.96. The van der Waals surface area contributed by atoms with Gasteiger partial charge in [0, 0.05) is 6.54 Å². The summed E-state index contributed by atoms with van der Waals surface area (Å²) in [5.41, 5.74) is -1.18. The van der Waals surface area contributed by atoms with Crippen LogP contribution in [0.3, 0.4) is 0 Å². The van der Waals surface area contributed by atoms with E-state index in [-0.39, 0.29) is 11.4 Å². The van der Waals surface area contributed by atoms with Crippen molar-refractivity contribution in [3.63, 3.8) is 0 Å². The molecule has 0 amide bonds. The Morgan fingerprint density at radius 1 is 1.09 bits per heavy atom. The van der Waals surface area contributed by atoms with Gasteiger partial charge in [0.15, 0.2) is 0 Å². The Morgan fingerprint density at radius 2 is 1.73 bits per heavy atom. The van der Waals surface area contributed by atoms with Crippen LogP contribution in [0.15, 0.2) is 53.4 Å². The second-order valence-electron chi connectivity index (χ2n) is 5.06. The van der Waals surface area contributed by atoms with Crippen LogP contribution < -0.4 is 4.72 Å². The van der Waals surface area contributed by atoms with E-state index in [9.17, 15) is 22.3 Å². The van der Waals surface area contributed by atoms with Crippen LogP contribution in [0.2, 0.25) is 0 Å². The summed E-state index contributed by atoms with van der Waals surface area (Å²) in [6.45, 7) is 1.06. The predicted octanol–water partition coefficient (Wildman–Crippen LogP) is 2.15. The zero-order valence-electron chi connectivity index (χ0n) is 11.8. The zero-order valence-corrected chi connectivity index (χ0v) is 12.6. The van der Waals surface area contributed by atoms with Gasteiger partial charge in [-0.15, -0.1) is 0 Å². The van der Waals surface area contributed by atoms with E-state index < -0.39 is 27.3 Å². The minimum Gasteiger partial charge on any atom is -0.384 e. The highest BCUT2D eigenvalue weighted by Crippen LogP contribution is 2.21. The van der Waals surface area contributed by atoms with Crippen LogP contribution >= 0.6 is 0 Å². The van der Waals surface area contributed by atoms with Crippen LogP contribution in [0.5, 0.6) is 0 Å². The Bertz CT molecular complexity index is 759. The van der Waals surface area contributed by atoms with Crippen molar-refractivity contribution in [3.05, 3.63) is 65.7 Å². The van der Waals surface area contributed by atoms with E-state index in [1.54, 1.807) is 0 Å². The molecule has 0 aromatic heterocycles. The van der Waals surface area contributed by atoms with Gasteiger partial charge in [0.05, 0.1) is 4.90 Å². The fraction of sp³-hybridized carbons (Fsp3) is 0.200. The van der Waals surface area contributed by atoms with Crippen LogP contribution in [0.25, 0.3) is 0 Å². The summed E-state index contributed by atoms with van der Waals surface area (Å²) in [6, 6.07) is 9.62. The van der Waals surface area contributed by atoms with Gasteiger partial charge in [-0.3, -0.25) is 0 Å². The van der Waals surface area contributed by atoms with E-state index >= 15 is 0 Å². The second-order valence-corrected chi connectivity index (χ2v) is 6.83. The van der Waals surface area contributed by atoms with E-state index in [1.165, 1.54) is 43.3 Å². The molecule has 0 fully saturated rings. The summed E-state index contributed by atoms with van der Waals surface area (Å²) in [5.74, 6) is -1.13. The highest BCUT2D eigenvalue weighted by Gasteiger charge is 2.26. The van der Waals surface area contributed by atoms with Gasteiger partial charge in [-0.2, -0.15) is 0 Å².